The smallest absolute Gasteiger partial charge is 0.194 e. The quantitative estimate of drug-likeness (QED) is 0.431. The first-order valence-corrected chi connectivity index (χ1v) is 11.6. The van der Waals surface area contributed by atoms with E-state index in [9.17, 15) is 9.59 Å². The second kappa shape index (κ2) is 9.48. The van der Waals surface area contributed by atoms with Crippen molar-refractivity contribution >= 4 is 34.6 Å². The highest BCUT2D eigenvalue weighted by Gasteiger charge is 2.30. The van der Waals surface area contributed by atoms with Crippen LogP contribution in [0.1, 0.15) is 45.7 Å². The molecule has 0 saturated carbocycles. The Morgan fingerprint density at radius 2 is 1.03 bits per heavy atom. The molecule has 0 unspecified atom stereocenters. The van der Waals surface area contributed by atoms with Gasteiger partial charge in [0, 0.05) is 48.4 Å². The average Bonchev–Trinajstić information content (AvgIpc) is 2.88. The van der Waals surface area contributed by atoms with Crippen molar-refractivity contribution in [2.24, 2.45) is 9.98 Å². The lowest BCUT2D eigenvalue weighted by molar-refractivity contribution is 0.0678. The van der Waals surface area contributed by atoms with Crippen LogP contribution in [0.2, 0.25) is 0 Å². The molecule has 5 rings (SSSR count). The van der Waals surface area contributed by atoms with Crippen LogP contribution in [0.3, 0.4) is 0 Å². The lowest BCUT2D eigenvalue weighted by atomic mass is 9.83. The number of fused-ring (bicyclic) bond motifs is 2. The fourth-order valence-electron chi connectivity index (χ4n) is 4.55. The number of hydrogen-bond acceptors (Lipinski definition) is 6. The SMILES string of the molecule is C/C(=N\c1ccc2c(c1)C(=O)c1ccc(/N=C(\C)N3CCOCC3)cc1C2=O)N1CCOCC1. The zero-order valence-electron chi connectivity index (χ0n) is 19.5. The van der Waals surface area contributed by atoms with Crippen molar-refractivity contribution in [1.82, 2.24) is 9.80 Å². The largest absolute Gasteiger partial charge is 0.378 e. The summed E-state index contributed by atoms with van der Waals surface area (Å²) in [6.45, 7) is 9.79. The number of carbonyl (C=O) groups excluding carboxylic acids is 2. The van der Waals surface area contributed by atoms with E-state index in [4.69, 9.17) is 9.47 Å². The Morgan fingerprint density at radius 3 is 1.41 bits per heavy atom. The van der Waals surface area contributed by atoms with Crippen molar-refractivity contribution < 1.29 is 19.1 Å². The van der Waals surface area contributed by atoms with E-state index in [1.54, 1.807) is 36.4 Å². The first-order valence-electron chi connectivity index (χ1n) is 11.6. The van der Waals surface area contributed by atoms with Crippen molar-refractivity contribution in [3.8, 4) is 0 Å². The van der Waals surface area contributed by atoms with Crippen LogP contribution in [-0.2, 0) is 9.47 Å². The molecule has 34 heavy (non-hydrogen) atoms. The van der Waals surface area contributed by atoms with Gasteiger partial charge in [-0.05, 0) is 50.2 Å². The van der Waals surface area contributed by atoms with Crippen LogP contribution in [0.5, 0.6) is 0 Å². The van der Waals surface area contributed by atoms with Gasteiger partial charge in [-0.2, -0.15) is 0 Å². The van der Waals surface area contributed by atoms with Crippen LogP contribution in [0.15, 0.2) is 46.4 Å². The maximum atomic E-state index is 13.3. The summed E-state index contributed by atoms with van der Waals surface area (Å²) < 4.78 is 10.8. The molecule has 2 aromatic carbocycles. The van der Waals surface area contributed by atoms with Gasteiger partial charge in [-0.1, -0.05) is 0 Å². The first-order chi connectivity index (χ1) is 16.5. The summed E-state index contributed by atoms with van der Waals surface area (Å²) in [5.74, 6) is 1.42. The summed E-state index contributed by atoms with van der Waals surface area (Å²) >= 11 is 0. The molecule has 2 heterocycles. The number of nitrogens with zero attached hydrogens (tertiary/aromatic N) is 4. The van der Waals surface area contributed by atoms with E-state index >= 15 is 0 Å². The Balaban J connectivity index is 1.42. The van der Waals surface area contributed by atoms with Gasteiger partial charge in [-0.15, -0.1) is 0 Å². The summed E-state index contributed by atoms with van der Waals surface area (Å²) in [7, 11) is 0. The standard InChI is InChI=1S/C26H28N4O4/c1-17(29-7-11-33-12-8-29)27-19-3-5-21-23(15-19)25(31)22-6-4-20(16-24(22)26(21)32)28-18(2)30-9-13-34-14-10-30/h3-6,15-16H,7-14H2,1-2H3/b27-17+,28-18+. The van der Waals surface area contributed by atoms with E-state index in [0.717, 1.165) is 37.9 Å². The molecular formula is C26H28N4O4. The Kier molecular flexibility index (Phi) is 6.26. The summed E-state index contributed by atoms with van der Waals surface area (Å²) in [5.41, 5.74) is 2.94. The Labute approximate surface area is 198 Å². The highest BCUT2D eigenvalue weighted by atomic mass is 16.5. The molecule has 0 N–H and O–H groups in total. The van der Waals surface area contributed by atoms with E-state index in [-0.39, 0.29) is 11.6 Å². The number of rotatable bonds is 2. The minimum Gasteiger partial charge on any atom is -0.378 e. The molecule has 0 amide bonds. The summed E-state index contributed by atoms with van der Waals surface area (Å²) in [6, 6.07) is 10.4. The molecule has 176 valence electrons. The molecule has 0 aromatic heterocycles. The topological polar surface area (TPSA) is 83.8 Å². The molecule has 2 aliphatic heterocycles. The molecule has 0 radical (unpaired) electrons. The number of benzene rings is 2. The maximum Gasteiger partial charge on any atom is 0.194 e. The van der Waals surface area contributed by atoms with Gasteiger partial charge in [0.25, 0.3) is 0 Å². The number of ketones is 2. The van der Waals surface area contributed by atoms with Gasteiger partial charge in [-0.3, -0.25) is 9.59 Å². The van der Waals surface area contributed by atoms with Crippen molar-refractivity contribution in [2.75, 3.05) is 52.6 Å². The van der Waals surface area contributed by atoms with Crippen molar-refractivity contribution in [3.63, 3.8) is 0 Å². The summed E-state index contributed by atoms with van der Waals surface area (Å²) in [5, 5.41) is 0. The molecule has 2 aromatic rings. The number of amidine groups is 2. The lowest BCUT2D eigenvalue weighted by Crippen LogP contribution is -2.39. The van der Waals surface area contributed by atoms with E-state index < -0.39 is 0 Å². The summed E-state index contributed by atoms with van der Waals surface area (Å²) in [4.78, 5) is 40.3. The average molecular weight is 461 g/mol. The normalized spacial score (nSPS) is 19.2. The van der Waals surface area contributed by atoms with Crippen LogP contribution in [0.4, 0.5) is 11.4 Å². The third-order valence-corrected chi connectivity index (χ3v) is 6.50. The number of carbonyl (C=O) groups is 2. The Bertz CT molecular complexity index is 1100. The molecule has 2 fully saturated rings. The van der Waals surface area contributed by atoms with Gasteiger partial charge in [0.2, 0.25) is 0 Å². The van der Waals surface area contributed by atoms with Gasteiger partial charge in [0.1, 0.15) is 11.7 Å². The zero-order chi connectivity index (χ0) is 23.7. The minimum atomic E-state index is -0.161. The second-order valence-electron chi connectivity index (χ2n) is 8.63. The van der Waals surface area contributed by atoms with E-state index in [1.165, 1.54) is 0 Å². The molecule has 0 bridgehead atoms. The van der Waals surface area contributed by atoms with Gasteiger partial charge >= 0.3 is 0 Å². The fraction of sp³-hybridized carbons (Fsp3) is 0.385. The molecule has 2 saturated heterocycles. The minimum absolute atomic E-state index is 0.161. The molecule has 1 aliphatic carbocycles. The fourth-order valence-corrected chi connectivity index (χ4v) is 4.55. The lowest BCUT2D eigenvalue weighted by Gasteiger charge is -2.28. The van der Waals surface area contributed by atoms with Crippen LogP contribution in [-0.4, -0.2) is 85.6 Å². The van der Waals surface area contributed by atoms with Crippen molar-refractivity contribution in [1.29, 1.82) is 0 Å². The van der Waals surface area contributed by atoms with Crippen molar-refractivity contribution in [3.05, 3.63) is 58.7 Å². The molecule has 3 aliphatic rings. The maximum absolute atomic E-state index is 13.3. The Morgan fingerprint density at radius 1 is 0.647 bits per heavy atom. The van der Waals surface area contributed by atoms with Gasteiger partial charge in [0.05, 0.1) is 37.8 Å². The number of aliphatic imine (C=N–C) groups is 2. The first kappa shape index (κ1) is 22.4. The van der Waals surface area contributed by atoms with Crippen LogP contribution in [0, 0.1) is 0 Å². The van der Waals surface area contributed by atoms with Gasteiger partial charge < -0.3 is 19.3 Å². The number of ether oxygens (including phenoxy) is 2. The molecule has 8 nitrogen and oxygen atoms in total. The predicted molar refractivity (Wildman–Crippen MR) is 130 cm³/mol. The highest BCUT2D eigenvalue weighted by molar-refractivity contribution is 6.28. The number of hydrogen-bond donors (Lipinski definition) is 0. The Hall–Kier alpha value is -3.36. The molecule has 8 heteroatoms. The van der Waals surface area contributed by atoms with Gasteiger partial charge in [-0.25, -0.2) is 9.98 Å². The van der Waals surface area contributed by atoms with Crippen molar-refractivity contribution in [2.45, 2.75) is 13.8 Å². The van der Waals surface area contributed by atoms with E-state index in [1.807, 2.05) is 13.8 Å². The third-order valence-electron chi connectivity index (χ3n) is 6.50. The van der Waals surface area contributed by atoms with Crippen LogP contribution >= 0.6 is 0 Å². The summed E-state index contributed by atoms with van der Waals surface area (Å²) in [6.07, 6.45) is 0. The van der Waals surface area contributed by atoms with Gasteiger partial charge in [0.15, 0.2) is 11.6 Å². The third kappa shape index (κ3) is 4.38. The van der Waals surface area contributed by atoms with Crippen LogP contribution < -0.4 is 0 Å². The molecular weight excluding hydrogens is 432 g/mol. The monoisotopic (exact) mass is 460 g/mol. The molecule has 0 spiro atoms. The van der Waals surface area contributed by atoms with E-state index in [0.29, 0.717) is 60.1 Å². The highest BCUT2D eigenvalue weighted by Crippen LogP contribution is 2.32. The number of morpholine rings is 2. The molecule has 0 atom stereocenters. The second-order valence-corrected chi connectivity index (χ2v) is 8.63. The zero-order valence-corrected chi connectivity index (χ0v) is 19.5. The predicted octanol–water partition coefficient (Wildman–Crippen LogP) is 3.23. The van der Waals surface area contributed by atoms with E-state index in [2.05, 4.69) is 19.8 Å². The van der Waals surface area contributed by atoms with Crippen LogP contribution in [0.25, 0.3) is 0 Å².